The molecule has 2 rings (SSSR count). The summed E-state index contributed by atoms with van der Waals surface area (Å²) in [5.74, 6) is 4.63. The Morgan fingerprint density at radius 3 is 2.90 bits per heavy atom. The Morgan fingerprint density at radius 1 is 1.43 bits per heavy atom. The van der Waals surface area contributed by atoms with Crippen LogP contribution in [-0.4, -0.2) is 12.5 Å². The lowest BCUT2D eigenvalue weighted by Gasteiger charge is -2.06. The Bertz CT molecular complexity index is 716. The number of amides is 1. The Balaban J connectivity index is 2.09. The Morgan fingerprint density at radius 2 is 2.24 bits per heavy atom. The van der Waals surface area contributed by atoms with E-state index in [1.807, 2.05) is 0 Å². The van der Waals surface area contributed by atoms with Gasteiger partial charge in [-0.2, -0.15) is 0 Å². The molecule has 0 spiro atoms. The number of hydrogen-bond acceptors (Lipinski definition) is 3. The second-order valence-electron chi connectivity index (χ2n) is 4.10. The second-order valence-corrected chi connectivity index (χ2v) is 4.45. The number of furan rings is 1. The number of carbonyl (C=O) groups is 1. The van der Waals surface area contributed by atoms with E-state index in [2.05, 4.69) is 17.2 Å². The second kappa shape index (κ2) is 6.93. The highest BCUT2D eigenvalue weighted by Gasteiger charge is 2.13. The van der Waals surface area contributed by atoms with Gasteiger partial charge < -0.3 is 15.5 Å². The standard InChI is InChI=1S/C15H12ClFN2O2/c16-14-12(5-7-21-14)15(20)19-9-11-8-10(2-1-6-18)3-4-13(11)17/h3-5,7-8H,6,9,18H2,(H,19,20). The van der Waals surface area contributed by atoms with Gasteiger partial charge >= 0.3 is 0 Å². The van der Waals surface area contributed by atoms with Crippen LogP contribution in [0.3, 0.4) is 0 Å². The lowest BCUT2D eigenvalue weighted by atomic mass is 10.1. The first-order valence-corrected chi connectivity index (χ1v) is 6.48. The molecule has 21 heavy (non-hydrogen) atoms. The first kappa shape index (κ1) is 15.1. The van der Waals surface area contributed by atoms with Crippen molar-refractivity contribution in [2.75, 3.05) is 6.54 Å². The van der Waals surface area contributed by atoms with E-state index in [0.717, 1.165) is 0 Å². The molecule has 1 amide bonds. The van der Waals surface area contributed by atoms with Crippen LogP contribution in [0.1, 0.15) is 21.5 Å². The number of rotatable bonds is 3. The highest BCUT2D eigenvalue weighted by atomic mass is 35.5. The number of nitrogens with two attached hydrogens (primary N) is 1. The molecule has 0 aliphatic rings. The molecule has 0 atom stereocenters. The maximum absolute atomic E-state index is 13.7. The van der Waals surface area contributed by atoms with E-state index >= 15 is 0 Å². The van der Waals surface area contributed by atoms with E-state index in [-0.39, 0.29) is 23.9 Å². The fourth-order valence-electron chi connectivity index (χ4n) is 1.67. The van der Waals surface area contributed by atoms with Gasteiger partial charge in [0, 0.05) is 17.7 Å². The van der Waals surface area contributed by atoms with Gasteiger partial charge in [-0.15, -0.1) is 0 Å². The van der Waals surface area contributed by atoms with Crippen LogP contribution >= 0.6 is 11.6 Å². The molecule has 6 heteroatoms. The summed E-state index contributed by atoms with van der Waals surface area (Å²) in [6.07, 6.45) is 1.31. The Kier molecular flexibility index (Phi) is 4.99. The zero-order valence-electron chi connectivity index (χ0n) is 11.0. The predicted molar refractivity (Wildman–Crippen MR) is 77.2 cm³/mol. The van der Waals surface area contributed by atoms with E-state index < -0.39 is 11.7 Å². The van der Waals surface area contributed by atoms with Crippen molar-refractivity contribution >= 4 is 17.5 Å². The van der Waals surface area contributed by atoms with Gasteiger partial charge in [0.2, 0.25) is 5.22 Å². The minimum Gasteiger partial charge on any atom is -0.452 e. The number of halogens is 2. The molecule has 0 fully saturated rings. The van der Waals surface area contributed by atoms with Crippen LogP contribution in [0.2, 0.25) is 5.22 Å². The van der Waals surface area contributed by atoms with Crippen LogP contribution in [0.5, 0.6) is 0 Å². The summed E-state index contributed by atoms with van der Waals surface area (Å²) < 4.78 is 18.5. The van der Waals surface area contributed by atoms with E-state index in [0.29, 0.717) is 11.1 Å². The molecule has 0 aliphatic heterocycles. The summed E-state index contributed by atoms with van der Waals surface area (Å²) in [5, 5.41) is 2.57. The largest absolute Gasteiger partial charge is 0.452 e. The van der Waals surface area contributed by atoms with Gasteiger partial charge in [0.25, 0.3) is 5.91 Å². The molecule has 0 bridgehead atoms. The van der Waals surface area contributed by atoms with Crippen molar-refractivity contribution in [3.63, 3.8) is 0 Å². The monoisotopic (exact) mass is 306 g/mol. The minimum absolute atomic E-state index is 0.00413. The summed E-state index contributed by atoms with van der Waals surface area (Å²) >= 11 is 5.70. The molecule has 0 aliphatic carbocycles. The molecule has 1 heterocycles. The molecule has 0 saturated carbocycles. The summed E-state index contributed by atoms with van der Waals surface area (Å²) in [4.78, 5) is 11.8. The predicted octanol–water partition coefficient (Wildman–Crippen LogP) is 2.31. The Labute approximate surface area is 126 Å². The summed E-state index contributed by atoms with van der Waals surface area (Å²) in [6.45, 7) is 0.243. The van der Waals surface area contributed by atoms with Gasteiger partial charge in [0.15, 0.2) is 0 Å². The van der Waals surface area contributed by atoms with Crippen LogP contribution in [0.15, 0.2) is 34.9 Å². The molecule has 0 unspecified atom stereocenters. The van der Waals surface area contributed by atoms with E-state index in [1.54, 1.807) is 12.1 Å². The molecule has 1 aromatic heterocycles. The van der Waals surface area contributed by atoms with Crippen LogP contribution in [0.4, 0.5) is 4.39 Å². The molecule has 4 nitrogen and oxygen atoms in total. The molecule has 0 radical (unpaired) electrons. The SMILES string of the molecule is NCC#Cc1ccc(F)c(CNC(=O)c2ccoc2Cl)c1. The topological polar surface area (TPSA) is 68.3 Å². The summed E-state index contributed by atoms with van der Waals surface area (Å²) in [5.41, 5.74) is 6.45. The number of carbonyl (C=O) groups excluding carboxylic acids is 1. The molecule has 3 N–H and O–H groups in total. The summed E-state index contributed by atoms with van der Waals surface area (Å²) in [7, 11) is 0. The molecular weight excluding hydrogens is 295 g/mol. The fourth-order valence-corrected chi connectivity index (χ4v) is 1.87. The third-order valence-corrected chi connectivity index (χ3v) is 2.98. The van der Waals surface area contributed by atoms with Gasteiger partial charge in [-0.05, 0) is 35.9 Å². The number of benzene rings is 1. The summed E-state index contributed by atoms with van der Waals surface area (Å²) in [6, 6.07) is 5.86. The molecule has 2 aromatic rings. The number of nitrogens with one attached hydrogen (secondary N) is 1. The molecule has 0 saturated heterocycles. The average Bonchev–Trinajstić information content (AvgIpc) is 2.91. The van der Waals surface area contributed by atoms with Gasteiger partial charge in [0.1, 0.15) is 5.82 Å². The molecule has 1 aromatic carbocycles. The van der Waals surface area contributed by atoms with Gasteiger partial charge in [0.05, 0.1) is 18.4 Å². The lowest BCUT2D eigenvalue weighted by molar-refractivity contribution is 0.0950. The van der Waals surface area contributed by atoms with E-state index in [4.69, 9.17) is 21.8 Å². The number of hydrogen-bond donors (Lipinski definition) is 2. The highest BCUT2D eigenvalue weighted by Crippen LogP contribution is 2.17. The van der Waals surface area contributed by atoms with Crippen molar-refractivity contribution in [2.24, 2.45) is 5.73 Å². The zero-order valence-corrected chi connectivity index (χ0v) is 11.7. The highest BCUT2D eigenvalue weighted by molar-refractivity contribution is 6.32. The maximum Gasteiger partial charge on any atom is 0.256 e. The first-order valence-electron chi connectivity index (χ1n) is 6.10. The molecular formula is C15H12ClFN2O2. The van der Waals surface area contributed by atoms with Crippen molar-refractivity contribution in [2.45, 2.75) is 6.54 Å². The van der Waals surface area contributed by atoms with Crippen LogP contribution in [0, 0.1) is 17.7 Å². The van der Waals surface area contributed by atoms with Crippen LogP contribution in [0.25, 0.3) is 0 Å². The third kappa shape index (κ3) is 3.85. The normalized spacial score (nSPS) is 9.86. The van der Waals surface area contributed by atoms with E-state index in [1.165, 1.54) is 18.4 Å². The van der Waals surface area contributed by atoms with Crippen molar-refractivity contribution in [3.05, 3.63) is 58.3 Å². The van der Waals surface area contributed by atoms with Gasteiger partial charge in [-0.3, -0.25) is 4.79 Å². The average molecular weight is 307 g/mol. The molecule has 108 valence electrons. The smallest absolute Gasteiger partial charge is 0.256 e. The van der Waals surface area contributed by atoms with Gasteiger partial charge in [-0.1, -0.05) is 11.8 Å². The van der Waals surface area contributed by atoms with Crippen molar-refractivity contribution in [3.8, 4) is 11.8 Å². The third-order valence-electron chi connectivity index (χ3n) is 2.68. The maximum atomic E-state index is 13.7. The fraction of sp³-hybridized carbons (Fsp3) is 0.133. The lowest BCUT2D eigenvalue weighted by Crippen LogP contribution is -2.23. The quantitative estimate of drug-likeness (QED) is 0.855. The van der Waals surface area contributed by atoms with Gasteiger partial charge in [-0.25, -0.2) is 4.39 Å². The minimum atomic E-state index is -0.438. The first-order chi connectivity index (χ1) is 10.1. The van der Waals surface area contributed by atoms with Crippen molar-refractivity contribution in [1.29, 1.82) is 0 Å². The van der Waals surface area contributed by atoms with Crippen LogP contribution in [-0.2, 0) is 6.54 Å². The zero-order chi connectivity index (χ0) is 15.2. The van der Waals surface area contributed by atoms with Crippen molar-refractivity contribution in [1.82, 2.24) is 5.32 Å². The van der Waals surface area contributed by atoms with E-state index in [9.17, 15) is 9.18 Å². The van der Waals surface area contributed by atoms with Crippen molar-refractivity contribution < 1.29 is 13.6 Å². The Hall–Kier alpha value is -2.29. The van der Waals surface area contributed by atoms with Crippen LogP contribution < -0.4 is 11.1 Å².